The predicted octanol–water partition coefficient (Wildman–Crippen LogP) is 2.98. The predicted molar refractivity (Wildman–Crippen MR) is 105 cm³/mol. The van der Waals surface area contributed by atoms with Crippen LogP contribution in [-0.2, 0) is 0 Å². The summed E-state index contributed by atoms with van der Waals surface area (Å²) in [6, 6.07) is 3.41. The molecule has 4 rings (SSSR count). The number of carbonyl (C=O) groups excluding carboxylic acids is 1. The standard InChI is InChI=1S/C20H18N6O2/c1-10-4-5-15(28)11(2)18(10)26-19(21)16(12(3)27)17-20(26)24-9-14(25-17)13-8-22-6-7-23-13/h4-9,28H,21H2,1-3H3. The molecule has 8 nitrogen and oxygen atoms in total. The number of phenolic OH excluding ortho intramolecular Hbond substituents is 1. The van der Waals surface area contributed by atoms with Crippen LogP contribution in [0.5, 0.6) is 5.75 Å². The third kappa shape index (κ3) is 2.58. The maximum Gasteiger partial charge on any atom is 0.165 e. The fourth-order valence-corrected chi connectivity index (χ4v) is 3.36. The van der Waals surface area contributed by atoms with Crippen LogP contribution in [-0.4, -0.2) is 35.4 Å². The second-order valence-corrected chi connectivity index (χ2v) is 6.55. The zero-order valence-electron chi connectivity index (χ0n) is 15.6. The van der Waals surface area contributed by atoms with E-state index >= 15 is 0 Å². The first-order chi connectivity index (χ1) is 13.4. The van der Waals surface area contributed by atoms with Crippen molar-refractivity contribution >= 4 is 22.8 Å². The van der Waals surface area contributed by atoms with E-state index in [2.05, 4.69) is 19.9 Å². The van der Waals surface area contributed by atoms with E-state index in [1.807, 2.05) is 6.92 Å². The lowest BCUT2D eigenvalue weighted by atomic mass is 10.1. The third-order valence-corrected chi connectivity index (χ3v) is 4.70. The van der Waals surface area contributed by atoms with Crippen molar-refractivity contribution in [3.8, 4) is 22.8 Å². The van der Waals surface area contributed by atoms with Gasteiger partial charge in [-0.25, -0.2) is 9.97 Å². The van der Waals surface area contributed by atoms with E-state index in [0.29, 0.717) is 33.8 Å². The van der Waals surface area contributed by atoms with Gasteiger partial charge in [0.1, 0.15) is 28.5 Å². The molecule has 0 unspecified atom stereocenters. The number of carbonyl (C=O) groups is 1. The molecule has 0 aliphatic carbocycles. The maximum atomic E-state index is 12.4. The van der Waals surface area contributed by atoms with Gasteiger partial charge in [-0.3, -0.25) is 19.3 Å². The Morgan fingerprint density at radius 3 is 2.57 bits per heavy atom. The number of aryl methyl sites for hydroxylation is 1. The van der Waals surface area contributed by atoms with Gasteiger partial charge in [-0.2, -0.15) is 0 Å². The molecule has 4 aromatic rings. The minimum atomic E-state index is -0.220. The number of anilines is 1. The van der Waals surface area contributed by atoms with E-state index in [9.17, 15) is 9.90 Å². The SMILES string of the molecule is CC(=O)c1c(N)n(-c2c(C)ccc(O)c2C)c2ncc(-c3cnccn3)nc12. The molecule has 3 heterocycles. The topological polar surface area (TPSA) is 120 Å². The van der Waals surface area contributed by atoms with Gasteiger partial charge < -0.3 is 10.8 Å². The van der Waals surface area contributed by atoms with Crippen molar-refractivity contribution in [2.75, 3.05) is 5.73 Å². The van der Waals surface area contributed by atoms with Crippen molar-refractivity contribution in [3.63, 3.8) is 0 Å². The Labute approximate surface area is 160 Å². The minimum Gasteiger partial charge on any atom is -0.508 e. The van der Waals surface area contributed by atoms with E-state index in [1.165, 1.54) is 6.92 Å². The van der Waals surface area contributed by atoms with Crippen LogP contribution in [0.15, 0.2) is 36.9 Å². The van der Waals surface area contributed by atoms with Gasteiger partial charge in [0, 0.05) is 18.0 Å². The lowest BCUT2D eigenvalue weighted by Gasteiger charge is -2.15. The molecule has 0 fully saturated rings. The van der Waals surface area contributed by atoms with Crippen LogP contribution in [0.3, 0.4) is 0 Å². The molecular formula is C20H18N6O2. The lowest BCUT2D eigenvalue weighted by Crippen LogP contribution is -2.07. The monoisotopic (exact) mass is 374 g/mol. The van der Waals surface area contributed by atoms with Crippen molar-refractivity contribution < 1.29 is 9.90 Å². The van der Waals surface area contributed by atoms with Crippen LogP contribution in [0.4, 0.5) is 5.82 Å². The molecule has 0 saturated carbocycles. The minimum absolute atomic E-state index is 0.135. The molecule has 0 saturated heterocycles. The Morgan fingerprint density at radius 2 is 1.89 bits per heavy atom. The van der Waals surface area contributed by atoms with Crippen LogP contribution in [0, 0.1) is 13.8 Å². The molecule has 3 N–H and O–H groups in total. The number of hydrogen-bond donors (Lipinski definition) is 2. The van der Waals surface area contributed by atoms with Crippen molar-refractivity contribution in [2.24, 2.45) is 0 Å². The first-order valence-corrected chi connectivity index (χ1v) is 8.64. The number of nitrogens with zero attached hydrogens (tertiary/aromatic N) is 5. The third-order valence-electron chi connectivity index (χ3n) is 4.70. The molecule has 0 aliphatic heterocycles. The molecule has 0 atom stereocenters. The summed E-state index contributed by atoms with van der Waals surface area (Å²) < 4.78 is 1.67. The highest BCUT2D eigenvalue weighted by molar-refractivity contribution is 6.10. The number of nitrogen functional groups attached to an aromatic ring is 1. The number of rotatable bonds is 3. The molecule has 0 spiro atoms. The number of fused-ring (bicyclic) bond motifs is 1. The summed E-state index contributed by atoms with van der Waals surface area (Å²) in [6.07, 6.45) is 6.28. The van der Waals surface area contributed by atoms with Gasteiger partial charge in [0.25, 0.3) is 0 Å². The van der Waals surface area contributed by atoms with Crippen LogP contribution in [0.2, 0.25) is 0 Å². The summed E-state index contributed by atoms with van der Waals surface area (Å²) in [5.74, 6) is 0.147. The molecule has 28 heavy (non-hydrogen) atoms. The first-order valence-electron chi connectivity index (χ1n) is 8.64. The van der Waals surface area contributed by atoms with E-state index in [0.717, 1.165) is 5.56 Å². The van der Waals surface area contributed by atoms with E-state index in [-0.39, 0.29) is 22.9 Å². The number of aromatic hydroxyl groups is 1. The number of phenols is 1. The second-order valence-electron chi connectivity index (χ2n) is 6.55. The summed E-state index contributed by atoms with van der Waals surface area (Å²) in [7, 11) is 0. The summed E-state index contributed by atoms with van der Waals surface area (Å²) in [4.78, 5) is 29.8. The van der Waals surface area contributed by atoms with Gasteiger partial charge in [-0.1, -0.05) is 6.07 Å². The molecule has 140 valence electrons. The van der Waals surface area contributed by atoms with Crippen molar-refractivity contribution in [1.29, 1.82) is 0 Å². The summed E-state index contributed by atoms with van der Waals surface area (Å²) in [5.41, 5.74) is 10.7. The average molecular weight is 374 g/mol. The molecule has 0 radical (unpaired) electrons. The molecule has 3 aromatic heterocycles. The Balaban J connectivity index is 2.09. The van der Waals surface area contributed by atoms with Gasteiger partial charge in [0.05, 0.1) is 23.6 Å². The fraction of sp³-hybridized carbons (Fsp3) is 0.150. The summed E-state index contributed by atoms with van der Waals surface area (Å²) in [6.45, 7) is 5.13. The number of hydrogen-bond acceptors (Lipinski definition) is 7. The normalized spacial score (nSPS) is 11.1. The number of ketones is 1. The van der Waals surface area contributed by atoms with Crippen molar-refractivity contribution in [1.82, 2.24) is 24.5 Å². The van der Waals surface area contributed by atoms with Crippen molar-refractivity contribution in [2.45, 2.75) is 20.8 Å². The van der Waals surface area contributed by atoms with Crippen LogP contribution >= 0.6 is 0 Å². The zero-order valence-corrected chi connectivity index (χ0v) is 15.6. The van der Waals surface area contributed by atoms with Crippen LogP contribution < -0.4 is 5.73 Å². The number of aromatic nitrogens is 5. The van der Waals surface area contributed by atoms with Gasteiger partial charge >= 0.3 is 0 Å². The number of nitrogens with two attached hydrogens (primary N) is 1. The number of benzene rings is 1. The van der Waals surface area contributed by atoms with Gasteiger partial charge in [-0.05, 0) is 32.4 Å². The zero-order chi connectivity index (χ0) is 20.0. The summed E-state index contributed by atoms with van der Waals surface area (Å²) in [5, 5.41) is 10.2. The highest BCUT2D eigenvalue weighted by Gasteiger charge is 2.24. The van der Waals surface area contributed by atoms with Crippen LogP contribution in [0.25, 0.3) is 28.2 Å². The van der Waals surface area contributed by atoms with Gasteiger partial charge in [0.15, 0.2) is 11.4 Å². The molecule has 0 bridgehead atoms. The van der Waals surface area contributed by atoms with Crippen LogP contribution in [0.1, 0.15) is 28.4 Å². The average Bonchev–Trinajstić information content (AvgIpc) is 2.97. The molecule has 0 amide bonds. The van der Waals surface area contributed by atoms with E-state index in [1.54, 1.807) is 48.4 Å². The first kappa shape index (κ1) is 17.6. The molecule has 8 heteroatoms. The van der Waals surface area contributed by atoms with E-state index < -0.39 is 0 Å². The van der Waals surface area contributed by atoms with E-state index in [4.69, 9.17) is 5.73 Å². The fourth-order valence-electron chi connectivity index (χ4n) is 3.36. The Morgan fingerprint density at radius 1 is 1.11 bits per heavy atom. The quantitative estimate of drug-likeness (QED) is 0.529. The van der Waals surface area contributed by atoms with Crippen molar-refractivity contribution in [3.05, 3.63) is 53.6 Å². The Hall–Kier alpha value is -3.81. The second kappa shape index (κ2) is 6.41. The Kier molecular flexibility index (Phi) is 4.03. The highest BCUT2D eigenvalue weighted by Crippen LogP contribution is 2.35. The number of Topliss-reactive ketones (excluding diaryl/α,β-unsaturated/α-hetero) is 1. The largest absolute Gasteiger partial charge is 0.508 e. The lowest BCUT2D eigenvalue weighted by molar-refractivity contribution is 0.102. The molecular weight excluding hydrogens is 356 g/mol. The smallest absolute Gasteiger partial charge is 0.165 e. The Bertz CT molecular complexity index is 1230. The van der Waals surface area contributed by atoms with Gasteiger partial charge in [-0.15, -0.1) is 0 Å². The highest BCUT2D eigenvalue weighted by atomic mass is 16.3. The maximum absolute atomic E-state index is 12.4. The summed E-state index contributed by atoms with van der Waals surface area (Å²) >= 11 is 0. The molecule has 0 aliphatic rings. The van der Waals surface area contributed by atoms with Gasteiger partial charge in [0.2, 0.25) is 0 Å². The molecule has 1 aromatic carbocycles.